The minimum Gasteiger partial charge on any atom is -0.480 e. The van der Waals surface area contributed by atoms with Crippen molar-refractivity contribution in [2.75, 3.05) is 13.1 Å². The van der Waals surface area contributed by atoms with Gasteiger partial charge in [0.25, 0.3) is 0 Å². The normalized spacial score (nSPS) is 17.5. The smallest absolute Gasteiger partial charge is 0.422 e. The molecule has 3 amide bonds. The summed E-state index contributed by atoms with van der Waals surface area (Å²) in [5.74, 6) is -2.19. The van der Waals surface area contributed by atoms with Crippen LogP contribution in [0, 0.1) is 0 Å². The molecule has 3 N–H and O–H groups in total. The Morgan fingerprint density at radius 2 is 1.77 bits per heavy atom. The second kappa shape index (κ2) is 8.95. The molecule has 0 aliphatic carbocycles. The van der Waals surface area contributed by atoms with Gasteiger partial charge in [-0.3, -0.25) is 19.7 Å². The lowest BCUT2D eigenvalue weighted by atomic mass is 10.1. The Morgan fingerprint density at radius 1 is 1.08 bits per heavy atom. The molecule has 9 nitrogen and oxygen atoms in total. The third-order valence-electron chi connectivity index (χ3n) is 4.08. The topological polar surface area (TPSA) is 127 Å². The van der Waals surface area contributed by atoms with Crippen LogP contribution in [0.4, 0.5) is 4.79 Å². The number of carbonyl (C=O) groups is 4. The van der Waals surface area contributed by atoms with Gasteiger partial charge in [0, 0.05) is 19.5 Å². The van der Waals surface area contributed by atoms with Gasteiger partial charge in [-0.05, 0) is 18.4 Å². The first kappa shape index (κ1) is 19.4. The molecule has 0 radical (unpaired) electrons. The van der Waals surface area contributed by atoms with E-state index in [0.29, 0.717) is 12.8 Å². The number of carbonyl (C=O) groups excluding carboxylic acids is 2. The molecule has 1 aliphatic heterocycles. The average molecular weight is 363 g/mol. The van der Waals surface area contributed by atoms with E-state index < -0.39 is 29.9 Å². The van der Waals surface area contributed by atoms with Crippen molar-refractivity contribution in [2.45, 2.75) is 31.7 Å². The molecule has 1 heterocycles. The van der Waals surface area contributed by atoms with Crippen LogP contribution in [-0.4, -0.2) is 63.2 Å². The predicted octanol–water partition coefficient (Wildman–Crippen LogP) is 0.706. The van der Waals surface area contributed by atoms with Gasteiger partial charge >= 0.3 is 12.1 Å². The monoisotopic (exact) mass is 363 g/mol. The van der Waals surface area contributed by atoms with Crippen molar-refractivity contribution in [1.82, 2.24) is 15.3 Å². The molecule has 1 aliphatic rings. The average Bonchev–Trinajstić information content (AvgIpc) is 2.60. The number of imide groups is 1. The minimum absolute atomic E-state index is 0.0509. The molecule has 140 valence electrons. The number of nitrogens with one attached hydrogen (secondary N) is 1. The van der Waals surface area contributed by atoms with E-state index in [1.54, 1.807) is 24.3 Å². The van der Waals surface area contributed by atoms with E-state index in [-0.39, 0.29) is 25.9 Å². The van der Waals surface area contributed by atoms with Gasteiger partial charge in [0.05, 0.1) is 6.42 Å². The van der Waals surface area contributed by atoms with Crippen LogP contribution < -0.4 is 5.32 Å². The summed E-state index contributed by atoms with van der Waals surface area (Å²) in [5.41, 5.74) is 0.761. The van der Waals surface area contributed by atoms with Gasteiger partial charge in [0.1, 0.15) is 6.04 Å². The molecule has 26 heavy (non-hydrogen) atoms. The Labute approximate surface area is 150 Å². The molecule has 0 bridgehead atoms. The minimum atomic E-state index is -1.27. The second-order valence-corrected chi connectivity index (χ2v) is 5.95. The number of hydrazine groups is 1. The van der Waals surface area contributed by atoms with Crippen molar-refractivity contribution in [1.29, 1.82) is 0 Å². The molecule has 1 atom stereocenters. The fourth-order valence-corrected chi connectivity index (χ4v) is 2.87. The number of carboxylic acids is 1. The number of amides is 3. The van der Waals surface area contributed by atoms with Gasteiger partial charge in [0.2, 0.25) is 11.8 Å². The second-order valence-electron chi connectivity index (χ2n) is 5.95. The highest BCUT2D eigenvalue weighted by Crippen LogP contribution is 2.19. The fourth-order valence-electron chi connectivity index (χ4n) is 2.87. The largest absolute Gasteiger partial charge is 0.480 e. The number of aliphatic carboxylic acids is 1. The van der Waals surface area contributed by atoms with Crippen LogP contribution in [0.3, 0.4) is 0 Å². The SMILES string of the molecule is O=C(CCN1[C@H](C(=O)O)CCCN1C(=O)O)NC(=O)Cc1ccccc1. The maximum absolute atomic E-state index is 12.0. The van der Waals surface area contributed by atoms with Crippen LogP contribution in [0.1, 0.15) is 24.8 Å². The molecule has 2 rings (SSSR count). The lowest BCUT2D eigenvalue weighted by molar-refractivity contribution is -0.156. The lowest BCUT2D eigenvalue weighted by Crippen LogP contribution is -2.58. The van der Waals surface area contributed by atoms with Gasteiger partial charge in [0.15, 0.2) is 0 Å². The first-order valence-electron chi connectivity index (χ1n) is 8.25. The summed E-state index contributed by atoms with van der Waals surface area (Å²) >= 11 is 0. The molecule has 9 heteroatoms. The molecule has 0 unspecified atom stereocenters. The van der Waals surface area contributed by atoms with E-state index in [4.69, 9.17) is 0 Å². The zero-order chi connectivity index (χ0) is 19.1. The number of nitrogens with zero attached hydrogens (tertiary/aromatic N) is 2. The van der Waals surface area contributed by atoms with E-state index in [0.717, 1.165) is 15.6 Å². The van der Waals surface area contributed by atoms with Crippen molar-refractivity contribution < 1.29 is 29.4 Å². The third-order valence-corrected chi connectivity index (χ3v) is 4.08. The number of hydrogen-bond acceptors (Lipinski definition) is 5. The highest BCUT2D eigenvalue weighted by molar-refractivity contribution is 5.96. The first-order valence-corrected chi connectivity index (χ1v) is 8.25. The summed E-state index contributed by atoms with van der Waals surface area (Å²) in [6.45, 7) is 0.0708. The van der Waals surface area contributed by atoms with Crippen LogP contribution in [-0.2, 0) is 20.8 Å². The molecule has 1 saturated heterocycles. The van der Waals surface area contributed by atoms with Crippen LogP contribution in [0.5, 0.6) is 0 Å². The van der Waals surface area contributed by atoms with Crippen molar-refractivity contribution in [3.63, 3.8) is 0 Å². The molecule has 0 spiro atoms. The Bertz CT molecular complexity index is 656. The Balaban J connectivity index is 1.89. The number of benzene rings is 1. The van der Waals surface area contributed by atoms with E-state index in [1.807, 2.05) is 6.07 Å². The van der Waals surface area contributed by atoms with E-state index >= 15 is 0 Å². The predicted molar refractivity (Wildman–Crippen MR) is 90.0 cm³/mol. The maximum Gasteiger partial charge on any atom is 0.422 e. The summed E-state index contributed by atoms with van der Waals surface area (Å²) in [6.07, 6.45) is -0.671. The van der Waals surface area contributed by atoms with Gasteiger partial charge in [-0.25, -0.2) is 14.8 Å². The van der Waals surface area contributed by atoms with E-state index in [9.17, 15) is 29.4 Å². The Morgan fingerprint density at radius 3 is 2.38 bits per heavy atom. The third kappa shape index (κ3) is 5.28. The molecular formula is C17H21N3O6. The molecular weight excluding hydrogens is 342 g/mol. The van der Waals surface area contributed by atoms with Crippen LogP contribution >= 0.6 is 0 Å². The van der Waals surface area contributed by atoms with Gasteiger partial charge in [-0.1, -0.05) is 30.3 Å². The van der Waals surface area contributed by atoms with E-state index in [1.165, 1.54) is 0 Å². The standard InChI is InChI=1S/C17H21N3O6/c21-14(18-15(22)11-12-5-2-1-3-6-12)8-10-19-13(16(23)24)7-4-9-20(19)17(25)26/h1-3,5-6,13H,4,7-11H2,(H,23,24)(H,25,26)(H,18,21,22)/t13-/m0/s1. The Hall–Kier alpha value is -2.94. The lowest BCUT2D eigenvalue weighted by Gasteiger charge is -2.40. The fraction of sp³-hybridized carbons (Fsp3) is 0.412. The number of hydrogen-bond donors (Lipinski definition) is 3. The highest BCUT2D eigenvalue weighted by Gasteiger charge is 2.36. The number of rotatable bonds is 6. The molecule has 0 saturated carbocycles. The molecule has 0 aromatic heterocycles. The summed E-state index contributed by atoms with van der Waals surface area (Å²) in [5, 5.41) is 22.8. The zero-order valence-corrected chi connectivity index (χ0v) is 14.1. The van der Waals surface area contributed by atoms with Crippen molar-refractivity contribution in [3.8, 4) is 0 Å². The van der Waals surface area contributed by atoms with Crippen molar-refractivity contribution in [3.05, 3.63) is 35.9 Å². The quantitative estimate of drug-likeness (QED) is 0.679. The van der Waals surface area contributed by atoms with Gasteiger partial charge in [-0.15, -0.1) is 0 Å². The van der Waals surface area contributed by atoms with Gasteiger partial charge in [-0.2, -0.15) is 0 Å². The van der Waals surface area contributed by atoms with Crippen LogP contribution in [0.25, 0.3) is 0 Å². The van der Waals surface area contributed by atoms with Crippen LogP contribution in [0.2, 0.25) is 0 Å². The summed E-state index contributed by atoms with van der Waals surface area (Å²) in [6, 6.07) is 7.91. The van der Waals surface area contributed by atoms with Crippen molar-refractivity contribution in [2.24, 2.45) is 0 Å². The number of carboxylic acid groups (broad SMARTS) is 2. The summed E-state index contributed by atoms with van der Waals surface area (Å²) in [4.78, 5) is 46.5. The maximum atomic E-state index is 12.0. The molecule has 1 fully saturated rings. The summed E-state index contributed by atoms with van der Waals surface area (Å²) < 4.78 is 0. The first-order chi connectivity index (χ1) is 12.4. The molecule has 1 aromatic rings. The Kier molecular flexibility index (Phi) is 6.67. The zero-order valence-electron chi connectivity index (χ0n) is 14.1. The van der Waals surface area contributed by atoms with Gasteiger partial charge < -0.3 is 10.2 Å². The van der Waals surface area contributed by atoms with Crippen LogP contribution in [0.15, 0.2) is 30.3 Å². The van der Waals surface area contributed by atoms with E-state index in [2.05, 4.69) is 5.32 Å². The van der Waals surface area contributed by atoms with Crippen molar-refractivity contribution >= 4 is 23.9 Å². The molecule has 1 aromatic carbocycles. The highest BCUT2D eigenvalue weighted by atomic mass is 16.4. The summed E-state index contributed by atoms with van der Waals surface area (Å²) in [7, 11) is 0.